The summed E-state index contributed by atoms with van der Waals surface area (Å²) >= 11 is 0. The highest BCUT2D eigenvalue weighted by Gasteiger charge is 2.31. The number of aryl methyl sites for hydroxylation is 1. The van der Waals surface area contributed by atoms with Gasteiger partial charge in [0.25, 0.3) is 0 Å². The molecule has 2 amide bonds. The van der Waals surface area contributed by atoms with E-state index in [9.17, 15) is 18.0 Å². The number of sulfonamides is 1. The van der Waals surface area contributed by atoms with Crippen LogP contribution >= 0.6 is 0 Å². The monoisotopic (exact) mass is 475 g/mol. The van der Waals surface area contributed by atoms with Gasteiger partial charge in [-0.15, -0.1) is 0 Å². The standard InChI is InChI=1S/C23H29N3O6S/c1-5-33(29,30)26(19-9-10-20-21(12-19)32-15-31-20)14-22(27)25(17(3)23(28)24-4)13-18-8-6-7-16(2)11-18/h6-12,17H,5,13-15H2,1-4H3,(H,24,28)/t17-/m0/s1. The number of nitrogens with zero attached hydrogens (tertiary/aromatic N) is 2. The number of nitrogens with one attached hydrogen (secondary N) is 1. The Balaban J connectivity index is 1.94. The largest absolute Gasteiger partial charge is 0.454 e. The van der Waals surface area contributed by atoms with E-state index in [0.717, 1.165) is 15.4 Å². The maximum atomic E-state index is 13.5. The molecule has 10 heteroatoms. The fraction of sp³-hybridized carbons (Fsp3) is 0.391. The molecule has 1 aliphatic heterocycles. The van der Waals surface area contributed by atoms with Gasteiger partial charge in [-0.3, -0.25) is 13.9 Å². The number of carbonyl (C=O) groups excluding carboxylic acids is 2. The van der Waals surface area contributed by atoms with Crippen molar-refractivity contribution in [2.24, 2.45) is 0 Å². The summed E-state index contributed by atoms with van der Waals surface area (Å²) in [7, 11) is -2.31. The zero-order valence-corrected chi connectivity index (χ0v) is 20.0. The smallest absolute Gasteiger partial charge is 0.244 e. The number of amides is 2. The average Bonchev–Trinajstić information content (AvgIpc) is 3.27. The Morgan fingerprint density at radius 1 is 1.12 bits per heavy atom. The third kappa shape index (κ3) is 5.57. The minimum atomic E-state index is -3.80. The maximum absolute atomic E-state index is 13.5. The van der Waals surface area contributed by atoms with E-state index in [4.69, 9.17) is 9.47 Å². The van der Waals surface area contributed by atoms with Gasteiger partial charge in [-0.1, -0.05) is 29.8 Å². The first-order valence-electron chi connectivity index (χ1n) is 10.6. The van der Waals surface area contributed by atoms with Crippen LogP contribution in [0.15, 0.2) is 42.5 Å². The molecule has 1 N–H and O–H groups in total. The number of rotatable bonds is 9. The molecule has 1 atom stereocenters. The van der Waals surface area contributed by atoms with E-state index in [2.05, 4.69) is 5.32 Å². The molecule has 0 unspecified atom stereocenters. The summed E-state index contributed by atoms with van der Waals surface area (Å²) in [6, 6.07) is 11.5. The lowest BCUT2D eigenvalue weighted by atomic mass is 10.1. The number of fused-ring (bicyclic) bond motifs is 1. The number of anilines is 1. The molecule has 33 heavy (non-hydrogen) atoms. The molecule has 0 radical (unpaired) electrons. The molecule has 0 aromatic heterocycles. The van der Waals surface area contributed by atoms with E-state index in [1.54, 1.807) is 19.1 Å². The van der Waals surface area contributed by atoms with Crippen LogP contribution in [0.5, 0.6) is 11.5 Å². The Morgan fingerprint density at radius 2 is 1.85 bits per heavy atom. The molecular formula is C23H29N3O6S. The number of hydrogen-bond acceptors (Lipinski definition) is 6. The minimum Gasteiger partial charge on any atom is -0.454 e. The Kier molecular flexibility index (Phi) is 7.47. The first kappa shape index (κ1) is 24.4. The molecule has 9 nitrogen and oxygen atoms in total. The summed E-state index contributed by atoms with van der Waals surface area (Å²) in [5.74, 6) is -0.122. The molecule has 0 saturated carbocycles. The molecule has 0 saturated heterocycles. The van der Waals surface area contributed by atoms with Crippen LogP contribution in [0.4, 0.5) is 5.69 Å². The maximum Gasteiger partial charge on any atom is 0.244 e. The molecule has 0 fully saturated rings. The summed E-state index contributed by atoms with van der Waals surface area (Å²) in [5.41, 5.74) is 2.15. The number of likely N-dealkylation sites (N-methyl/N-ethyl adjacent to an activating group) is 1. The highest BCUT2D eigenvalue weighted by atomic mass is 32.2. The van der Waals surface area contributed by atoms with Crippen LogP contribution < -0.4 is 19.1 Å². The van der Waals surface area contributed by atoms with Crippen molar-refractivity contribution in [3.63, 3.8) is 0 Å². The van der Waals surface area contributed by atoms with Crippen molar-refractivity contribution in [1.29, 1.82) is 0 Å². The van der Waals surface area contributed by atoms with Crippen molar-refractivity contribution in [2.75, 3.05) is 30.4 Å². The fourth-order valence-electron chi connectivity index (χ4n) is 3.56. The van der Waals surface area contributed by atoms with Crippen molar-refractivity contribution >= 4 is 27.5 Å². The van der Waals surface area contributed by atoms with Crippen LogP contribution in [0.1, 0.15) is 25.0 Å². The van der Waals surface area contributed by atoms with Gasteiger partial charge < -0.3 is 19.7 Å². The lowest BCUT2D eigenvalue weighted by Gasteiger charge is -2.31. The van der Waals surface area contributed by atoms with Crippen molar-refractivity contribution in [2.45, 2.75) is 33.4 Å². The molecule has 0 aliphatic carbocycles. The van der Waals surface area contributed by atoms with E-state index in [1.165, 1.54) is 24.9 Å². The van der Waals surface area contributed by atoms with Crippen LogP contribution in [-0.2, 0) is 26.2 Å². The van der Waals surface area contributed by atoms with Gasteiger partial charge in [-0.05, 0) is 38.5 Å². The average molecular weight is 476 g/mol. The minimum absolute atomic E-state index is 0.0478. The number of ether oxygens (including phenoxy) is 2. The summed E-state index contributed by atoms with van der Waals surface area (Å²) < 4.78 is 37.6. The Bertz CT molecular complexity index is 1130. The van der Waals surface area contributed by atoms with Gasteiger partial charge in [0, 0.05) is 19.7 Å². The quantitative estimate of drug-likeness (QED) is 0.595. The second-order valence-electron chi connectivity index (χ2n) is 7.75. The third-order valence-electron chi connectivity index (χ3n) is 5.47. The second kappa shape index (κ2) is 10.1. The van der Waals surface area contributed by atoms with E-state index in [1.807, 2.05) is 31.2 Å². The van der Waals surface area contributed by atoms with Gasteiger partial charge in [0.2, 0.25) is 28.6 Å². The Morgan fingerprint density at radius 3 is 2.52 bits per heavy atom. The SMILES string of the molecule is CCS(=O)(=O)N(CC(=O)N(Cc1cccc(C)c1)[C@@H](C)C(=O)NC)c1ccc2c(c1)OCO2. The van der Waals surface area contributed by atoms with E-state index < -0.39 is 28.5 Å². The lowest BCUT2D eigenvalue weighted by Crippen LogP contribution is -2.51. The molecule has 2 aromatic carbocycles. The van der Waals surface area contributed by atoms with Crippen molar-refractivity contribution in [1.82, 2.24) is 10.2 Å². The van der Waals surface area contributed by atoms with Crippen molar-refractivity contribution < 1.29 is 27.5 Å². The molecule has 1 aliphatic rings. The molecule has 2 aromatic rings. The van der Waals surface area contributed by atoms with E-state index in [0.29, 0.717) is 11.5 Å². The fourth-order valence-corrected chi connectivity index (χ4v) is 4.61. The second-order valence-corrected chi connectivity index (χ2v) is 9.93. The predicted molar refractivity (Wildman–Crippen MR) is 125 cm³/mol. The van der Waals surface area contributed by atoms with E-state index >= 15 is 0 Å². The number of carbonyl (C=O) groups is 2. The van der Waals surface area contributed by atoms with Crippen LogP contribution in [0.25, 0.3) is 0 Å². The molecular weight excluding hydrogens is 446 g/mol. The highest BCUT2D eigenvalue weighted by molar-refractivity contribution is 7.92. The molecule has 0 bridgehead atoms. The van der Waals surface area contributed by atoms with Crippen molar-refractivity contribution in [3.8, 4) is 11.5 Å². The van der Waals surface area contributed by atoms with Gasteiger partial charge in [0.1, 0.15) is 12.6 Å². The number of benzene rings is 2. The first-order chi connectivity index (χ1) is 15.7. The topological polar surface area (TPSA) is 105 Å². The zero-order valence-electron chi connectivity index (χ0n) is 19.2. The van der Waals surface area contributed by atoms with Gasteiger partial charge in [0.05, 0.1) is 11.4 Å². The van der Waals surface area contributed by atoms with Gasteiger partial charge in [0.15, 0.2) is 11.5 Å². The molecule has 3 rings (SSSR count). The van der Waals surface area contributed by atoms with Crippen LogP contribution in [0.3, 0.4) is 0 Å². The highest BCUT2D eigenvalue weighted by Crippen LogP contribution is 2.36. The van der Waals surface area contributed by atoms with Crippen LogP contribution in [-0.4, -0.2) is 57.3 Å². The van der Waals surface area contributed by atoms with E-state index in [-0.39, 0.29) is 30.7 Å². The molecule has 1 heterocycles. The predicted octanol–water partition coefficient (Wildman–Crippen LogP) is 2.04. The molecule has 0 spiro atoms. The third-order valence-corrected chi connectivity index (χ3v) is 7.21. The normalized spacial score (nSPS) is 13.3. The molecule has 178 valence electrons. The number of hydrogen-bond donors (Lipinski definition) is 1. The first-order valence-corrected chi connectivity index (χ1v) is 12.2. The summed E-state index contributed by atoms with van der Waals surface area (Å²) in [6.07, 6.45) is 0. The lowest BCUT2D eigenvalue weighted by molar-refractivity contribution is -0.139. The Labute approximate surface area is 194 Å². The summed E-state index contributed by atoms with van der Waals surface area (Å²) in [4.78, 5) is 27.2. The van der Waals surface area contributed by atoms with Gasteiger partial charge in [-0.25, -0.2) is 8.42 Å². The van der Waals surface area contributed by atoms with Crippen molar-refractivity contribution in [3.05, 3.63) is 53.6 Å². The van der Waals surface area contributed by atoms with Crippen LogP contribution in [0.2, 0.25) is 0 Å². The van der Waals surface area contributed by atoms with Crippen LogP contribution in [0, 0.1) is 6.92 Å². The zero-order chi connectivity index (χ0) is 24.2. The summed E-state index contributed by atoms with van der Waals surface area (Å²) in [6.45, 7) is 4.82. The Hall–Kier alpha value is -3.27. The van der Waals surface area contributed by atoms with Gasteiger partial charge >= 0.3 is 0 Å². The summed E-state index contributed by atoms with van der Waals surface area (Å²) in [5, 5.41) is 2.56. The van der Waals surface area contributed by atoms with Gasteiger partial charge in [-0.2, -0.15) is 0 Å².